The fraction of sp³-hybridized carbons (Fsp3) is 0.259. The molecule has 5 rings (SSSR count). The number of oxazole rings is 1. The van der Waals surface area contributed by atoms with E-state index in [1.54, 1.807) is 30.3 Å². The number of carbonyl (C=O) groups is 1. The highest BCUT2D eigenvalue weighted by molar-refractivity contribution is 6.34. The van der Waals surface area contributed by atoms with Gasteiger partial charge in [-0.25, -0.2) is 4.98 Å². The number of fused-ring (bicyclic) bond motifs is 1. The van der Waals surface area contributed by atoms with Crippen LogP contribution in [0.1, 0.15) is 35.7 Å². The Morgan fingerprint density at radius 2 is 1.89 bits per heavy atom. The Bertz CT molecular complexity index is 1490. The molecule has 1 fully saturated rings. The molecule has 2 heterocycles. The molecule has 1 amide bonds. The summed E-state index contributed by atoms with van der Waals surface area (Å²) in [6, 6.07) is 15.4. The molecule has 190 valence electrons. The van der Waals surface area contributed by atoms with Crippen molar-refractivity contribution in [3.8, 4) is 11.5 Å². The number of aromatic nitrogens is 1. The summed E-state index contributed by atoms with van der Waals surface area (Å²) in [7, 11) is 0. The van der Waals surface area contributed by atoms with Gasteiger partial charge in [0, 0.05) is 30.3 Å². The van der Waals surface area contributed by atoms with Gasteiger partial charge < -0.3 is 19.4 Å². The van der Waals surface area contributed by atoms with Gasteiger partial charge >= 0.3 is 0 Å². The number of benzene rings is 3. The number of nitro benzene ring substituents is 1. The van der Waals surface area contributed by atoms with Crippen LogP contribution in [0.2, 0.25) is 5.02 Å². The van der Waals surface area contributed by atoms with Gasteiger partial charge in [0.2, 0.25) is 5.89 Å². The molecular formula is C27H25ClN4O5. The molecule has 4 aromatic rings. The molecule has 0 bridgehead atoms. The lowest BCUT2D eigenvalue weighted by atomic mass is 10.0. The van der Waals surface area contributed by atoms with Crippen molar-refractivity contribution in [1.29, 1.82) is 0 Å². The van der Waals surface area contributed by atoms with E-state index in [1.807, 2.05) is 23.1 Å². The van der Waals surface area contributed by atoms with Crippen molar-refractivity contribution >= 4 is 45.7 Å². The van der Waals surface area contributed by atoms with Gasteiger partial charge in [0.1, 0.15) is 11.2 Å². The molecule has 37 heavy (non-hydrogen) atoms. The minimum Gasteiger partial charge on any atom is -0.436 e. The average Bonchev–Trinajstić information content (AvgIpc) is 3.33. The SMILES string of the molecule is CC(C)c1ccc2oc(-c3ccc(Cl)c(NC(=O)c4ccc(N5CCOCC5)c([N+](=O)[O-])c4)c3)nc2c1. The zero-order chi connectivity index (χ0) is 26.1. The van der Waals surface area contributed by atoms with Crippen molar-refractivity contribution in [1.82, 2.24) is 4.98 Å². The number of carbonyl (C=O) groups excluding carboxylic acids is 1. The number of rotatable bonds is 6. The number of hydrogen-bond acceptors (Lipinski definition) is 7. The maximum atomic E-state index is 13.1. The third-order valence-corrected chi connectivity index (χ3v) is 6.66. The molecule has 1 N–H and O–H groups in total. The van der Waals surface area contributed by atoms with Crippen molar-refractivity contribution in [2.75, 3.05) is 36.5 Å². The molecule has 3 aromatic carbocycles. The monoisotopic (exact) mass is 520 g/mol. The van der Waals surface area contributed by atoms with E-state index in [-0.39, 0.29) is 11.3 Å². The molecule has 0 atom stereocenters. The second kappa shape index (κ2) is 10.2. The van der Waals surface area contributed by atoms with Crippen molar-refractivity contribution in [2.45, 2.75) is 19.8 Å². The number of morpholine rings is 1. The molecule has 1 aliphatic heterocycles. The molecule has 1 aromatic heterocycles. The highest BCUT2D eigenvalue weighted by Crippen LogP contribution is 2.33. The lowest BCUT2D eigenvalue weighted by Crippen LogP contribution is -2.36. The summed E-state index contributed by atoms with van der Waals surface area (Å²) in [5.41, 5.74) is 4.01. The molecule has 10 heteroatoms. The lowest BCUT2D eigenvalue weighted by Gasteiger charge is -2.28. The van der Waals surface area contributed by atoms with Crippen LogP contribution in [-0.2, 0) is 4.74 Å². The largest absolute Gasteiger partial charge is 0.436 e. The van der Waals surface area contributed by atoms with E-state index in [4.69, 9.17) is 20.8 Å². The second-order valence-electron chi connectivity index (χ2n) is 9.11. The standard InChI is InChI=1S/C27H25ClN4O5/c1-16(2)17-5-8-25-22(13-17)30-27(37-25)19-3-6-20(28)21(14-19)29-26(33)18-4-7-23(24(15-18)32(34)35)31-9-11-36-12-10-31/h3-8,13-16H,9-12H2,1-2H3,(H,29,33). The third kappa shape index (κ3) is 5.14. The van der Waals surface area contributed by atoms with Gasteiger partial charge in [-0.1, -0.05) is 31.5 Å². The highest BCUT2D eigenvalue weighted by atomic mass is 35.5. The van der Waals surface area contributed by atoms with E-state index in [0.717, 1.165) is 11.1 Å². The maximum Gasteiger partial charge on any atom is 0.293 e. The number of nitrogens with zero attached hydrogens (tertiary/aromatic N) is 3. The van der Waals surface area contributed by atoms with Crippen LogP contribution in [0.5, 0.6) is 0 Å². The Hall–Kier alpha value is -3.95. The van der Waals surface area contributed by atoms with Crippen molar-refractivity contribution in [3.05, 3.63) is 80.9 Å². The van der Waals surface area contributed by atoms with Gasteiger partial charge in [-0.2, -0.15) is 0 Å². The first-order valence-electron chi connectivity index (χ1n) is 11.9. The first-order valence-corrected chi connectivity index (χ1v) is 12.3. The first-order chi connectivity index (χ1) is 17.8. The molecule has 1 aliphatic rings. The number of hydrogen-bond donors (Lipinski definition) is 1. The topological polar surface area (TPSA) is 111 Å². The van der Waals surface area contributed by atoms with Crippen LogP contribution in [0.3, 0.4) is 0 Å². The van der Waals surface area contributed by atoms with E-state index in [9.17, 15) is 14.9 Å². The normalized spacial score (nSPS) is 13.8. The van der Waals surface area contributed by atoms with Crippen LogP contribution < -0.4 is 10.2 Å². The Morgan fingerprint density at radius 1 is 1.11 bits per heavy atom. The molecule has 0 aliphatic carbocycles. The van der Waals surface area contributed by atoms with Crippen LogP contribution in [0.25, 0.3) is 22.6 Å². The minimum absolute atomic E-state index is 0.137. The van der Waals surface area contributed by atoms with Crippen LogP contribution in [0.4, 0.5) is 17.1 Å². The Labute approximate surface area is 218 Å². The zero-order valence-electron chi connectivity index (χ0n) is 20.4. The van der Waals surface area contributed by atoms with Gasteiger partial charge in [-0.05, 0) is 53.9 Å². The van der Waals surface area contributed by atoms with Crippen LogP contribution in [0.15, 0.2) is 59.0 Å². The van der Waals surface area contributed by atoms with Crippen LogP contribution >= 0.6 is 11.6 Å². The summed E-state index contributed by atoms with van der Waals surface area (Å²) in [5, 5.41) is 14.8. The Kier molecular flexibility index (Phi) is 6.82. The number of ether oxygens (including phenoxy) is 1. The summed E-state index contributed by atoms with van der Waals surface area (Å²) in [4.78, 5) is 30.8. The van der Waals surface area contributed by atoms with Gasteiger partial charge in [0.05, 0.1) is 28.8 Å². The fourth-order valence-electron chi connectivity index (χ4n) is 4.26. The minimum atomic E-state index is -0.519. The van der Waals surface area contributed by atoms with E-state index in [1.165, 1.54) is 6.07 Å². The van der Waals surface area contributed by atoms with E-state index >= 15 is 0 Å². The number of halogens is 1. The molecule has 0 unspecified atom stereocenters. The Morgan fingerprint density at radius 3 is 2.62 bits per heavy atom. The summed E-state index contributed by atoms with van der Waals surface area (Å²) >= 11 is 6.37. The fourth-order valence-corrected chi connectivity index (χ4v) is 4.42. The average molecular weight is 521 g/mol. The van der Waals surface area contributed by atoms with Gasteiger partial charge in [0.25, 0.3) is 11.6 Å². The first kappa shape index (κ1) is 24.7. The third-order valence-electron chi connectivity index (χ3n) is 6.33. The molecule has 0 spiro atoms. The van der Waals surface area contributed by atoms with Crippen LogP contribution in [0, 0.1) is 10.1 Å². The van der Waals surface area contributed by atoms with E-state index in [2.05, 4.69) is 24.1 Å². The summed E-state index contributed by atoms with van der Waals surface area (Å²) < 4.78 is 11.3. The lowest BCUT2D eigenvalue weighted by molar-refractivity contribution is -0.384. The summed E-state index contributed by atoms with van der Waals surface area (Å²) in [6.45, 7) is 6.30. The molecular weight excluding hydrogens is 496 g/mol. The smallest absolute Gasteiger partial charge is 0.293 e. The predicted octanol–water partition coefficient (Wildman–Crippen LogP) is 6.27. The number of anilines is 2. The summed E-state index contributed by atoms with van der Waals surface area (Å²) in [5.74, 6) is 0.240. The predicted molar refractivity (Wildman–Crippen MR) is 143 cm³/mol. The second-order valence-corrected chi connectivity index (χ2v) is 9.52. The highest BCUT2D eigenvalue weighted by Gasteiger charge is 2.24. The van der Waals surface area contributed by atoms with Crippen molar-refractivity contribution < 1.29 is 18.9 Å². The van der Waals surface area contributed by atoms with Gasteiger partial charge in [-0.3, -0.25) is 14.9 Å². The molecule has 0 saturated carbocycles. The Balaban J connectivity index is 1.41. The van der Waals surface area contributed by atoms with Crippen molar-refractivity contribution in [3.63, 3.8) is 0 Å². The molecule has 9 nitrogen and oxygen atoms in total. The van der Waals surface area contributed by atoms with Crippen LogP contribution in [-0.4, -0.2) is 42.1 Å². The number of nitrogens with one attached hydrogen (secondary N) is 1. The molecule has 0 radical (unpaired) electrons. The summed E-state index contributed by atoms with van der Waals surface area (Å²) in [6.07, 6.45) is 0. The van der Waals surface area contributed by atoms with E-state index in [0.29, 0.717) is 65.7 Å². The molecule has 1 saturated heterocycles. The van der Waals surface area contributed by atoms with Gasteiger partial charge in [-0.15, -0.1) is 0 Å². The maximum absolute atomic E-state index is 13.1. The zero-order valence-corrected chi connectivity index (χ0v) is 21.1. The quantitative estimate of drug-likeness (QED) is 0.235. The van der Waals surface area contributed by atoms with Gasteiger partial charge in [0.15, 0.2) is 5.58 Å². The number of nitro groups is 1. The number of amides is 1. The van der Waals surface area contributed by atoms with E-state index < -0.39 is 10.8 Å². The van der Waals surface area contributed by atoms with Crippen molar-refractivity contribution in [2.24, 2.45) is 0 Å².